The van der Waals surface area contributed by atoms with Crippen molar-refractivity contribution in [3.8, 4) is 5.69 Å². The fourth-order valence-electron chi connectivity index (χ4n) is 2.09. The molecule has 1 aromatic carbocycles. The normalized spacial score (nSPS) is 11.0. The number of fused-ring (bicyclic) bond motifs is 1. The predicted molar refractivity (Wildman–Crippen MR) is 69.9 cm³/mol. The Balaban J connectivity index is 2.33. The molecule has 3 aromatic rings. The van der Waals surface area contributed by atoms with E-state index in [1.54, 1.807) is 25.1 Å². The molecule has 0 saturated heterocycles. The molecule has 0 aliphatic carbocycles. The summed E-state index contributed by atoms with van der Waals surface area (Å²) < 4.78 is 1.37. The molecule has 0 spiro atoms. The van der Waals surface area contributed by atoms with Crippen molar-refractivity contribution >= 4 is 11.0 Å². The van der Waals surface area contributed by atoms with E-state index in [0.29, 0.717) is 22.4 Å². The molecule has 0 fully saturated rings. The number of benzene rings is 1. The Bertz CT molecular complexity index is 942. The lowest BCUT2D eigenvalue weighted by Crippen LogP contribution is -2.29. The van der Waals surface area contributed by atoms with Crippen LogP contribution in [0.4, 0.5) is 0 Å². The molecule has 0 unspecified atom stereocenters. The summed E-state index contributed by atoms with van der Waals surface area (Å²) in [5, 5.41) is 0. The summed E-state index contributed by atoms with van der Waals surface area (Å²) in [7, 11) is 0. The number of aryl methyl sites for hydroxylation is 1. The fraction of sp³-hybridized carbons (Fsp3) is 0.0833. The summed E-state index contributed by atoms with van der Waals surface area (Å²) in [6.45, 7) is 1.67. The second-order valence-corrected chi connectivity index (χ2v) is 4.22. The third-order valence-corrected chi connectivity index (χ3v) is 2.88. The molecule has 2 heterocycles. The number of aromatic amines is 3. The summed E-state index contributed by atoms with van der Waals surface area (Å²) >= 11 is 0. The molecule has 0 aliphatic rings. The van der Waals surface area contributed by atoms with Crippen LogP contribution in [0.1, 0.15) is 5.69 Å². The molecule has 0 atom stereocenters. The van der Waals surface area contributed by atoms with E-state index in [0.717, 1.165) is 0 Å². The highest BCUT2D eigenvalue weighted by Crippen LogP contribution is 2.13. The van der Waals surface area contributed by atoms with E-state index in [2.05, 4.69) is 15.0 Å². The summed E-state index contributed by atoms with van der Waals surface area (Å²) in [4.78, 5) is 41.7. The van der Waals surface area contributed by atoms with E-state index >= 15 is 0 Å². The minimum absolute atomic E-state index is 0.308. The van der Waals surface area contributed by atoms with Crippen molar-refractivity contribution in [2.24, 2.45) is 0 Å². The van der Waals surface area contributed by atoms with E-state index in [4.69, 9.17) is 0 Å². The number of nitrogens with one attached hydrogen (secondary N) is 3. The standard InChI is InChI=1S/C12H10N4O3/c1-6-4-10(17)15-12(19)16(6)7-2-3-8-9(5-7)14-11(18)13-8/h2-5H,1H3,(H2,13,14,18)(H,15,17,19). The fourth-order valence-corrected chi connectivity index (χ4v) is 2.09. The molecule has 7 nitrogen and oxygen atoms in total. The van der Waals surface area contributed by atoms with Gasteiger partial charge >= 0.3 is 11.4 Å². The van der Waals surface area contributed by atoms with Gasteiger partial charge in [-0.2, -0.15) is 0 Å². The van der Waals surface area contributed by atoms with Gasteiger partial charge in [-0.15, -0.1) is 0 Å². The van der Waals surface area contributed by atoms with Crippen molar-refractivity contribution in [3.05, 3.63) is 61.3 Å². The van der Waals surface area contributed by atoms with Crippen LogP contribution in [0.25, 0.3) is 16.7 Å². The first kappa shape index (κ1) is 11.3. The number of hydrogen-bond donors (Lipinski definition) is 3. The van der Waals surface area contributed by atoms with Crippen LogP contribution in [-0.2, 0) is 0 Å². The zero-order valence-electron chi connectivity index (χ0n) is 9.98. The Morgan fingerprint density at radius 1 is 0.947 bits per heavy atom. The highest BCUT2D eigenvalue weighted by molar-refractivity contribution is 5.76. The summed E-state index contributed by atoms with van der Waals surface area (Å²) in [6, 6.07) is 6.39. The molecule has 0 radical (unpaired) electrons. The van der Waals surface area contributed by atoms with Crippen LogP contribution in [0.3, 0.4) is 0 Å². The second kappa shape index (κ2) is 3.84. The molecule has 0 aliphatic heterocycles. The van der Waals surface area contributed by atoms with Crippen molar-refractivity contribution in [1.29, 1.82) is 0 Å². The van der Waals surface area contributed by atoms with Gasteiger partial charge in [0.05, 0.1) is 16.7 Å². The number of aromatic nitrogens is 4. The molecule has 0 saturated carbocycles. The molecule has 0 bridgehead atoms. The summed E-state index contributed by atoms with van der Waals surface area (Å²) in [5.41, 5.74) is 1.09. The summed E-state index contributed by atoms with van der Waals surface area (Å²) in [5.74, 6) is 0. The maximum absolute atomic E-state index is 11.8. The van der Waals surface area contributed by atoms with Gasteiger partial charge in [0, 0.05) is 11.8 Å². The lowest BCUT2D eigenvalue weighted by molar-refractivity contribution is 0.857. The van der Waals surface area contributed by atoms with Gasteiger partial charge in [0.2, 0.25) is 0 Å². The van der Waals surface area contributed by atoms with Gasteiger partial charge < -0.3 is 9.97 Å². The molecule has 19 heavy (non-hydrogen) atoms. The Labute approximate surface area is 105 Å². The van der Waals surface area contributed by atoms with E-state index < -0.39 is 11.2 Å². The Morgan fingerprint density at radius 2 is 1.68 bits per heavy atom. The number of imidazole rings is 1. The second-order valence-electron chi connectivity index (χ2n) is 4.22. The van der Waals surface area contributed by atoms with Crippen molar-refractivity contribution < 1.29 is 0 Å². The molecule has 3 rings (SSSR count). The van der Waals surface area contributed by atoms with Crippen LogP contribution in [0.5, 0.6) is 0 Å². The van der Waals surface area contributed by atoms with E-state index in [1.807, 2.05) is 0 Å². The average molecular weight is 258 g/mol. The largest absolute Gasteiger partial charge is 0.333 e. The first-order chi connectivity index (χ1) is 9.04. The van der Waals surface area contributed by atoms with Gasteiger partial charge in [-0.25, -0.2) is 9.59 Å². The molecular formula is C12H10N4O3. The molecule has 7 heteroatoms. The average Bonchev–Trinajstić information content (AvgIpc) is 2.67. The first-order valence-electron chi connectivity index (χ1n) is 5.60. The number of hydrogen-bond acceptors (Lipinski definition) is 3. The maximum atomic E-state index is 11.8. The van der Waals surface area contributed by atoms with E-state index in [9.17, 15) is 14.4 Å². The predicted octanol–water partition coefficient (Wildman–Crippen LogP) is 0.00382. The third-order valence-electron chi connectivity index (χ3n) is 2.88. The maximum Gasteiger partial charge on any atom is 0.333 e. The highest BCUT2D eigenvalue weighted by atomic mass is 16.2. The molecule has 2 aromatic heterocycles. The Hall–Kier alpha value is -2.83. The van der Waals surface area contributed by atoms with Crippen LogP contribution >= 0.6 is 0 Å². The first-order valence-corrected chi connectivity index (χ1v) is 5.60. The van der Waals surface area contributed by atoms with Gasteiger partial charge in [-0.05, 0) is 25.1 Å². The van der Waals surface area contributed by atoms with Crippen LogP contribution in [-0.4, -0.2) is 19.5 Å². The van der Waals surface area contributed by atoms with Crippen molar-refractivity contribution in [1.82, 2.24) is 19.5 Å². The zero-order valence-corrected chi connectivity index (χ0v) is 9.98. The van der Waals surface area contributed by atoms with E-state index in [-0.39, 0.29) is 5.69 Å². The zero-order chi connectivity index (χ0) is 13.6. The van der Waals surface area contributed by atoms with Crippen LogP contribution in [0.2, 0.25) is 0 Å². The number of H-pyrrole nitrogens is 3. The number of nitrogens with zero attached hydrogens (tertiary/aromatic N) is 1. The number of rotatable bonds is 1. The minimum Gasteiger partial charge on any atom is -0.306 e. The molecule has 0 amide bonds. The molecular weight excluding hydrogens is 248 g/mol. The minimum atomic E-state index is -0.512. The quantitative estimate of drug-likeness (QED) is 0.572. The SMILES string of the molecule is Cc1cc(=O)[nH]c(=O)n1-c1ccc2[nH]c(=O)[nH]c2c1. The van der Waals surface area contributed by atoms with Crippen LogP contribution in [0.15, 0.2) is 38.6 Å². The van der Waals surface area contributed by atoms with Crippen LogP contribution < -0.4 is 16.9 Å². The van der Waals surface area contributed by atoms with Gasteiger partial charge in [0.15, 0.2) is 0 Å². The van der Waals surface area contributed by atoms with Gasteiger partial charge in [-0.3, -0.25) is 14.3 Å². The van der Waals surface area contributed by atoms with Gasteiger partial charge in [0.1, 0.15) is 0 Å². The Morgan fingerprint density at radius 3 is 2.42 bits per heavy atom. The van der Waals surface area contributed by atoms with Crippen molar-refractivity contribution in [2.75, 3.05) is 0 Å². The topological polar surface area (TPSA) is 104 Å². The van der Waals surface area contributed by atoms with Gasteiger partial charge in [-0.1, -0.05) is 0 Å². The molecule has 96 valence electrons. The van der Waals surface area contributed by atoms with Gasteiger partial charge in [0.25, 0.3) is 5.56 Å². The van der Waals surface area contributed by atoms with Crippen molar-refractivity contribution in [2.45, 2.75) is 6.92 Å². The van der Waals surface area contributed by atoms with E-state index in [1.165, 1.54) is 10.6 Å². The monoisotopic (exact) mass is 258 g/mol. The van der Waals surface area contributed by atoms with Crippen LogP contribution in [0, 0.1) is 6.92 Å². The lowest BCUT2D eigenvalue weighted by Gasteiger charge is -2.08. The smallest absolute Gasteiger partial charge is 0.306 e. The molecule has 3 N–H and O–H groups in total. The lowest BCUT2D eigenvalue weighted by atomic mass is 10.2. The third kappa shape index (κ3) is 1.81. The highest BCUT2D eigenvalue weighted by Gasteiger charge is 2.06. The Kier molecular flexibility index (Phi) is 2.28. The summed E-state index contributed by atoms with van der Waals surface area (Å²) in [6.07, 6.45) is 0. The van der Waals surface area contributed by atoms with Crippen molar-refractivity contribution in [3.63, 3.8) is 0 Å².